The van der Waals surface area contributed by atoms with E-state index in [2.05, 4.69) is 21.3 Å². The summed E-state index contributed by atoms with van der Waals surface area (Å²) < 4.78 is 5.27. The summed E-state index contributed by atoms with van der Waals surface area (Å²) in [4.78, 5) is 33.9. The number of nitrogens with zero attached hydrogens (tertiary/aromatic N) is 2. The number of hydrogen-bond donors (Lipinski definition) is 2. The fourth-order valence-electron chi connectivity index (χ4n) is 4.00. The Balaban J connectivity index is 1.42. The smallest absolute Gasteiger partial charge is 0.329 e. The van der Waals surface area contributed by atoms with Crippen LogP contribution in [0.1, 0.15) is 12.5 Å². The third-order valence-corrected chi connectivity index (χ3v) is 5.81. The number of nitrogens with one attached hydrogen (secondary N) is 3. The van der Waals surface area contributed by atoms with Crippen LogP contribution in [0.25, 0.3) is 0 Å². The number of benzene rings is 1. The Morgan fingerprint density at radius 3 is 2.66 bits per heavy atom. The maximum Gasteiger partial charge on any atom is 0.329 e. The minimum Gasteiger partial charge on any atom is -0.497 e. The van der Waals surface area contributed by atoms with Crippen LogP contribution in [0.4, 0.5) is 10.6 Å². The number of anilines is 1. The zero-order valence-corrected chi connectivity index (χ0v) is 16.8. The van der Waals surface area contributed by atoms with E-state index in [0.29, 0.717) is 12.4 Å². The zero-order valence-electron chi connectivity index (χ0n) is 16.8. The summed E-state index contributed by atoms with van der Waals surface area (Å²) in [5.41, 5.74) is -0.358. The Kier molecular flexibility index (Phi) is 5.10. The number of methoxy groups -OCH3 is 1. The van der Waals surface area contributed by atoms with Gasteiger partial charge >= 0.3 is 6.03 Å². The lowest BCUT2D eigenvalue weighted by Gasteiger charge is -2.30. The van der Waals surface area contributed by atoms with E-state index >= 15 is 0 Å². The molecule has 2 aromatic rings. The number of aromatic nitrogens is 1. The SMILES string of the molecule is COc1cccc([C@@]2(C)NC(=O)N(C[NH+]3CCN(c4cccc[nH+]4)CC3)C2=O)c1. The van der Waals surface area contributed by atoms with Gasteiger partial charge in [-0.05, 0) is 30.7 Å². The number of hydrogen-bond acceptors (Lipinski definition) is 4. The van der Waals surface area contributed by atoms with Crippen molar-refractivity contribution in [1.82, 2.24) is 10.2 Å². The first kappa shape index (κ1) is 19.2. The van der Waals surface area contributed by atoms with Gasteiger partial charge in [-0.1, -0.05) is 18.2 Å². The van der Waals surface area contributed by atoms with Gasteiger partial charge in [0.05, 0.1) is 13.3 Å². The number of imide groups is 1. The molecule has 0 saturated carbocycles. The molecule has 8 nitrogen and oxygen atoms in total. The van der Waals surface area contributed by atoms with Gasteiger partial charge in [-0.25, -0.2) is 14.7 Å². The summed E-state index contributed by atoms with van der Waals surface area (Å²) in [5.74, 6) is 1.53. The second-order valence-electron chi connectivity index (χ2n) is 7.66. The first-order valence-electron chi connectivity index (χ1n) is 9.85. The Hall–Kier alpha value is -3.13. The number of quaternary nitrogens is 1. The average molecular weight is 397 g/mol. The molecule has 4 rings (SSSR count). The molecular weight excluding hydrogens is 370 g/mol. The van der Waals surface area contributed by atoms with Crippen LogP contribution in [0.15, 0.2) is 48.7 Å². The summed E-state index contributed by atoms with van der Waals surface area (Å²) in [6, 6.07) is 13.0. The van der Waals surface area contributed by atoms with Crippen LogP contribution >= 0.6 is 0 Å². The molecule has 1 atom stereocenters. The van der Waals surface area contributed by atoms with Crippen molar-refractivity contribution in [1.29, 1.82) is 0 Å². The minimum absolute atomic E-state index is 0.220. The predicted octanol–water partition coefficient (Wildman–Crippen LogP) is -0.361. The van der Waals surface area contributed by atoms with Gasteiger partial charge in [-0.15, -0.1) is 0 Å². The highest BCUT2D eigenvalue weighted by molar-refractivity contribution is 6.07. The molecule has 0 radical (unpaired) electrons. The van der Waals surface area contributed by atoms with Crippen LogP contribution in [0.5, 0.6) is 5.75 Å². The molecule has 8 heteroatoms. The Labute approximate surface area is 170 Å². The van der Waals surface area contributed by atoms with Crippen LogP contribution in [0.2, 0.25) is 0 Å². The molecule has 152 valence electrons. The molecule has 3 N–H and O–H groups in total. The number of aromatic amines is 1. The van der Waals surface area contributed by atoms with Gasteiger partial charge in [0.15, 0.2) is 6.67 Å². The first-order chi connectivity index (χ1) is 14.0. The number of piperazine rings is 1. The van der Waals surface area contributed by atoms with Crippen molar-refractivity contribution < 1.29 is 24.2 Å². The van der Waals surface area contributed by atoms with Crippen LogP contribution in [0.3, 0.4) is 0 Å². The molecule has 0 spiro atoms. The number of pyridine rings is 1. The maximum atomic E-state index is 13.2. The lowest BCUT2D eigenvalue weighted by atomic mass is 9.92. The summed E-state index contributed by atoms with van der Waals surface area (Å²) in [6.07, 6.45) is 1.92. The molecule has 0 aliphatic carbocycles. The van der Waals surface area contributed by atoms with Gasteiger partial charge in [0, 0.05) is 6.07 Å². The molecule has 2 aliphatic rings. The van der Waals surface area contributed by atoms with E-state index in [0.717, 1.165) is 37.6 Å². The number of ether oxygens (including phenoxy) is 1. The first-order valence-corrected chi connectivity index (χ1v) is 9.85. The average Bonchev–Trinajstić information content (AvgIpc) is 2.99. The van der Waals surface area contributed by atoms with Crippen molar-refractivity contribution in [2.24, 2.45) is 0 Å². The molecule has 1 aromatic carbocycles. The van der Waals surface area contributed by atoms with Crippen molar-refractivity contribution in [2.75, 3.05) is 44.9 Å². The molecule has 3 amide bonds. The van der Waals surface area contributed by atoms with E-state index in [1.165, 1.54) is 9.80 Å². The maximum absolute atomic E-state index is 13.2. The molecule has 0 bridgehead atoms. The van der Waals surface area contributed by atoms with Crippen LogP contribution in [-0.2, 0) is 10.3 Å². The second kappa shape index (κ2) is 7.71. The Morgan fingerprint density at radius 2 is 1.97 bits per heavy atom. The van der Waals surface area contributed by atoms with E-state index in [9.17, 15) is 9.59 Å². The van der Waals surface area contributed by atoms with Gasteiger partial charge < -0.3 is 15.0 Å². The van der Waals surface area contributed by atoms with E-state index in [4.69, 9.17) is 4.74 Å². The Morgan fingerprint density at radius 1 is 1.17 bits per heavy atom. The summed E-state index contributed by atoms with van der Waals surface area (Å²) in [7, 11) is 1.58. The number of carbonyl (C=O) groups excluding carboxylic acids is 2. The zero-order chi connectivity index (χ0) is 20.4. The van der Waals surface area contributed by atoms with E-state index in [1.54, 1.807) is 20.1 Å². The summed E-state index contributed by atoms with van der Waals surface area (Å²) >= 11 is 0. The van der Waals surface area contributed by atoms with Crippen molar-refractivity contribution in [3.05, 3.63) is 54.2 Å². The highest BCUT2D eigenvalue weighted by atomic mass is 16.5. The highest BCUT2D eigenvalue weighted by Crippen LogP contribution is 2.30. The van der Waals surface area contributed by atoms with E-state index in [1.807, 2.05) is 36.5 Å². The van der Waals surface area contributed by atoms with Gasteiger partial charge in [-0.2, -0.15) is 0 Å². The molecule has 0 unspecified atom stereocenters. The topological polar surface area (TPSA) is 80.5 Å². The quantitative estimate of drug-likeness (QED) is 0.676. The molecule has 2 saturated heterocycles. The number of urea groups is 1. The molecular formula is C21H27N5O3+2. The van der Waals surface area contributed by atoms with Gasteiger partial charge in [-0.3, -0.25) is 9.69 Å². The van der Waals surface area contributed by atoms with Crippen molar-refractivity contribution in [3.8, 4) is 5.75 Å². The lowest BCUT2D eigenvalue weighted by molar-refractivity contribution is -0.908. The highest BCUT2D eigenvalue weighted by Gasteiger charge is 2.50. The number of H-pyrrole nitrogens is 1. The van der Waals surface area contributed by atoms with E-state index < -0.39 is 5.54 Å². The van der Waals surface area contributed by atoms with Crippen molar-refractivity contribution in [2.45, 2.75) is 12.5 Å². The molecule has 2 aliphatic heterocycles. The minimum atomic E-state index is -1.08. The third kappa shape index (κ3) is 3.63. The number of rotatable bonds is 5. The van der Waals surface area contributed by atoms with Crippen molar-refractivity contribution in [3.63, 3.8) is 0 Å². The fraction of sp³-hybridized carbons (Fsp3) is 0.381. The lowest BCUT2D eigenvalue weighted by Crippen LogP contribution is -3.16. The normalized spacial score (nSPS) is 22.7. The van der Waals surface area contributed by atoms with Gasteiger partial charge in [0.1, 0.15) is 37.5 Å². The van der Waals surface area contributed by atoms with Crippen molar-refractivity contribution >= 4 is 17.8 Å². The summed E-state index contributed by atoms with van der Waals surface area (Å²) in [5, 5.41) is 2.88. The second-order valence-corrected chi connectivity index (χ2v) is 7.66. The van der Waals surface area contributed by atoms with E-state index in [-0.39, 0.29) is 11.9 Å². The molecule has 1 aromatic heterocycles. The predicted molar refractivity (Wildman–Crippen MR) is 106 cm³/mol. The number of amides is 3. The molecule has 3 heterocycles. The monoisotopic (exact) mass is 397 g/mol. The molecule has 29 heavy (non-hydrogen) atoms. The van der Waals surface area contributed by atoms with Crippen LogP contribution < -0.4 is 24.8 Å². The van der Waals surface area contributed by atoms with Crippen LogP contribution in [-0.4, -0.2) is 56.8 Å². The standard InChI is InChI=1S/C21H25N5O3/c1-21(16-6-5-7-17(14-16)29-2)19(27)26(20(28)23-21)15-24-10-12-25(13-11-24)18-8-3-4-9-22-18/h3-9,14H,10-13,15H2,1-2H3,(H,23,28)/p+2/t21-/m1/s1. The fourth-order valence-corrected chi connectivity index (χ4v) is 4.00. The third-order valence-electron chi connectivity index (χ3n) is 5.81. The number of carbonyl (C=O) groups is 2. The van der Waals surface area contributed by atoms with Gasteiger partial charge in [0.2, 0.25) is 0 Å². The Bertz CT molecular complexity index is 898. The van der Waals surface area contributed by atoms with Crippen LogP contribution in [0, 0.1) is 0 Å². The van der Waals surface area contributed by atoms with Gasteiger partial charge in [0.25, 0.3) is 11.7 Å². The largest absolute Gasteiger partial charge is 0.497 e. The molecule has 2 fully saturated rings. The summed E-state index contributed by atoms with van der Waals surface area (Å²) in [6.45, 7) is 5.57.